The van der Waals surface area contributed by atoms with E-state index in [1.54, 1.807) is 36.4 Å². The van der Waals surface area contributed by atoms with E-state index in [1.807, 2.05) is 180 Å². The zero-order chi connectivity index (χ0) is 102. The second kappa shape index (κ2) is 28.0. The molecule has 0 saturated heterocycles. The van der Waals surface area contributed by atoms with Crippen molar-refractivity contribution in [1.29, 1.82) is 0 Å². The van der Waals surface area contributed by atoms with Gasteiger partial charge >= 0.3 is 0 Å². The number of nitrogens with zero attached hydrogens (tertiary/aromatic N) is 4. The summed E-state index contributed by atoms with van der Waals surface area (Å²) < 4.78 is 238. The summed E-state index contributed by atoms with van der Waals surface area (Å²) >= 11 is 0. The van der Waals surface area contributed by atoms with E-state index in [2.05, 4.69) is 109 Å². The van der Waals surface area contributed by atoms with Crippen LogP contribution in [0.4, 0.5) is 34.1 Å². The molecule has 115 heavy (non-hydrogen) atoms. The van der Waals surface area contributed by atoms with Gasteiger partial charge in [-0.2, -0.15) is 0 Å². The Morgan fingerprint density at radius 2 is 0.548 bits per heavy atom. The maximum absolute atomic E-state index is 10.1. The van der Waals surface area contributed by atoms with Crippen molar-refractivity contribution < 1.29 is 32.9 Å². The molecule has 0 amide bonds. The lowest BCUT2D eigenvalue weighted by molar-refractivity contribution is 0.411. The van der Waals surface area contributed by atoms with Crippen LogP contribution in [-0.2, 0) is 41.7 Å². The first-order chi connectivity index (χ1) is 64.1. The number of para-hydroxylation sites is 4. The van der Waals surface area contributed by atoms with Crippen LogP contribution in [0, 0.1) is 21.7 Å². The first kappa shape index (κ1) is 53.3. The van der Waals surface area contributed by atoms with Gasteiger partial charge in [0.2, 0.25) is 0 Å². The van der Waals surface area contributed by atoms with Crippen LogP contribution in [0.3, 0.4) is 0 Å². The van der Waals surface area contributed by atoms with Gasteiger partial charge in [-0.15, -0.1) is 0 Å². The maximum atomic E-state index is 10.1. The largest absolute Gasteiger partial charge is 0.310 e. The van der Waals surface area contributed by atoms with Gasteiger partial charge in [-0.05, 0) is 226 Å². The Kier molecular flexibility index (Phi) is 13.0. The van der Waals surface area contributed by atoms with Gasteiger partial charge in [-0.25, -0.2) is 0 Å². The minimum atomic E-state index is -1.98. The number of hydrogen-bond acceptors (Lipinski definition) is 2. The van der Waals surface area contributed by atoms with Gasteiger partial charge in [0.05, 0.1) is 55.4 Å². The van der Waals surface area contributed by atoms with Crippen LogP contribution in [0.25, 0.3) is 99.5 Å². The molecule has 4 heterocycles. The van der Waals surface area contributed by atoms with Crippen molar-refractivity contribution in [3.63, 3.8) is 0 Å². The van der Waals surface area contributed by atoms with Crippen molar-refractivity contribution in [3.8, 4) is 55.9 Å². The summed E-state index contributed by atoms with van der Waals surface area (Å²) in [7, 11) is 0. The molecular formula is C110H115BN4. The number of hydrogen-bond donors (Lipinski definition) is 0. The van der Waals surface area contributed by atoms with E-state index in [0.717, 1.165) is 11.1 Å². The van der Waals surface area contributed by atoms with Gasteiger partial charge in [0.25, 0.3) is 6.71 Å². The fourth-order valence-corrected chi connectivity index (χ4v) is 16.8. The zero-order valence-electron chi connectivity index (χ0n) is 94.0. The lowest BCUT2D eigenvalue weighted by Gasteiger charge is -2.47. The number of fused-ring (bicyclic) bond motifs is 10. The SMILES string of the molecule is [2H]c1c([2H])c([2H])c2c(c1[2H])c1c([2H])c([2H])c([2H])c([2H])c1n2-c1ccc2c(c1)N(c1c(-c3cccc(C([2H])([2H])C(C)(C)C)c3)cc(C(C)(C)C)cc1-c1cccc(C([2H])([2H])C(C)(C)C)c1)c1cc(C(C)(C)C)cc3c1B2c1ccc(-n2c4c([2H])c([2H])c([2H])c([2H])c4c4c([2H])c([2H])c([2H])c([2H])c42)cc1N3c1c(-c2cccc(C([2H])([2H])C(C)(C)C)c2)cc(C(C)(C)C)cc1-c1cccc(C([2H])([2H])C(C)(C)C)c1. The van der Waals surface area contributed by atoms with E-state index in [0.29, 0.717) is 123 Å². The highest BCUT2D eigenvalue weighted by molar-refractivity contribution is 7.00. The summed E-state index contributed by atoms with van der Waals surface area (Å²) in [6.07, 6.45) is -7.94. The van der Waals surface area contributed by atoms with E-state index in [1.165, 1.54) is 9.13 Å². The van der Waals surface area contributed by atoms with Crippen LogP contribution in [0.15, 0.2) is 267 Å². The highest BCUT2D eigenvalue weighted by Gasteiger charge is 2.47. The second-order valence-corrected chi connectivity index (χ2v) is 38.5. The molecule has 4 nitrogen and oxygen atoms in total. The van der Waals surface area contributed by atoms with Gasteiger partial charge < -0.3 is 18.9 Å². The molecule has 17 rings (SSSR count). The average Bonchev–Trinajstić information content (AvgIpc) is 1.33. The Bertz CT molecular complexity index is 7000. The Morgan fingerprint density at radius 1 is 0.287 bits per heavy atom. The van der Waals surface area contributed by atoms with E-state index in [-0.39, 0.29) is 55.0 Å². The molecule has 2 aliphatic rings. The topological polar surface area (TPSA) is 16.3 Å². The number of aromatic nitrogens is 2. The van der Waals surface area contributed by atoms with Crippen LogP contribution >= 0.6 is 0 Å². The van der Waals surface area contributed by atoms with Crippen LogP contribution in [0.1, 0.15) is 217 Å². The Labute approximate surface area is 719 Å². The molecular weight excluding hydrogens is 1390 g/mol. The van der Waals surface area contributed by atoms with Crippen molar-refractivity contribution in [2.45, 2.75) is 187 Å². The maximum Gasteiger partial charge on any atom is 0.252 e. The van der Waals surface area contributed by atoms with Crippen LogP contribution in [-0.4, -0.2) is 15.8 Å². The molecule has 2 aromatic heterocycles. The molecule has 0 aliphatic carbocycles. The van der Waals surface area contributed by atoms with Gasteiger partial charge in [0.15, 0.2) is 0 Å². The number of benzene rings is 13. The summed E-state index contributed by atoms with van der Waals surface area (Å²) in [6.45, 7) is 40.1. The highest BCUT2D eigenvalue weighted by atomic mass is 15.2. The normalized spacial score (nSPS) is 17.0. The highest BCUT2D eigenvalue weighted by Crippen LogP contribution is 2.56. The lowest BCUT2D eigenvalue weighted by atomic mass is 9.33. The van der Waals surface area contributed by atoms with Gasteiger partial charge in [0.1, 0.15) is 0 Å². The summed E-state index contributed by atoms with van der Waals surface area (Å²) in [5.74, 6) is 0. The fraction of sp³-hybridized carbons (Fsp3) is 0.291. The molecule has 0 radical (unpaired) electrons. The summed E-state index contributed by atoms with van der Waals surface area (Å²) in [5, 5.41) is -0.667. The molecule has 0 unspecified atom stereocenters. The number of rotatable bonds is 12. The monoisotopic (exact) mass is 1530 g/mol. The molecule has 2 aliphatic heterocycles. The minimum Gasteiger partial charge on any atom is -0.310 e. The minimum absolute atomic E-state index is 0.158. The van der Waals surface area contributed by atoms with Crippen molar-refractivity contribution in [2.75, 3.05) is 9.80 Å². The molecule has 0 spiro atoms. The third kappa shape index (κ3) is 14.6. The van der Waals surface area contributed by atoms with Crippen molar-refractivity contribution in [3.05, 3.63) is 305 Å². The van der Waals surface area contributed by atoms with Crippen LogP contribution in [0.2, 0.25) is 0 Å². The van der Waals surface area contributed by atoms with Gasteiger partial charge in [-0.3, -0.25) is 0 Å². The summed E-state index contributed by atoms with van der Waals surface area (Å²) in [6, 6.07) is 44.2. The quantitative estimate of drug-likeness (QED) is 0.113. The molecule has 0 bridgehead atoms. The molecule has 0 fully saturated rings. The third-order valence-electron chi connectivity index (χ3n) is 21.7. The molecule has 0 N–H and O–H groups in total. The predicted octanol–water partition coefficient (Wildman–Crippen LogP) is 28.9. The standard InChI is InChI=1S/C110H115BN4/c1-104(2,3)66-70-34-30-38-74(54-70)87-58-78(108(13,14)15)59-88(75-39-31-35-71(55-75)67-105(4,5)6)102(87)114-97-64-81(112-93-46-26-22-42-83(93)84-43-23-27-47-94(84)112)50-52-91(97)111-92-53-51-82(113-95-48-28-24-44-85(95)86-45-25-29-49-96(86)113)65-98(92)115(100-63-80(110(19,20)21)62-99(114)101(100)111)103-89(76-40-32-36-72(56-76)68-106(7,8)9)60-79(109(16,17)18)61-90(103)77-41-33-37-73(57-77)69-107(10,11)12/h22-65H,66-69H2,1-21H3/i22D,23D,24D,25D,26D,27D,28D,29D,42D,43D,44D,45D,46D,47D,48D,49D,66D2,67D2,68D2,69D2. The fourth-order valence-electron chi connectivity index (χ4n) is 16.8. The third-order valence-corrected chi connectivity index (χ3v) is 21.7. The Balaban J connectivity index is 1.16. The lowest BCUT2D eigenvalue weighted by Crippen LogP contribution is -2.61. The van der Waals surface area contributed by atoms with E-state index in [4.69, 9.17) is 0 Å². The smallest absolute Gasteiger partial charge is 0.252 e. The van der Waals surface area contributed by atoms with E-state index >= 15 is 0 Å². The Hall–Kier alpha value is -10.9. The first-order valence-corrected chi connectivity index (χ1v) is 40.0. The van der Waals surface area contributed by atoms with Gasteiger partial charge in [0, 0.05) is 88.9 Å². The Morgan fingerprint density at radius 3 is 0.809 bits per heavy atom. The number of anilines is 6. The molecule has 0 saturated carbocycles. The van der Waals surface area contributed by atoms with Crippen molar-refractivity contribution >= 4 is 101 Å². The van der Waals surface area contributed by atoms with E-state index in [9.17, 15) is 32.9 Å². The van der Waals surface area contributed by atoms with Crippen LogP contribution < -0.4 is 26.2 Å². The predicted molar refractivity (Wildman–Crippen MR) is 500 cm³/mol. The molecule has 0 atom stereocenters. The van der Waals surface area contributed by atoms with Crippen LogP contribution in [0.5, 0.6) is 0 Å². The van der Waals surface area contributed by atoms with Crippen molar-refractivity contribution in [1.82, 2.24) is 9.13 Å². The van der Waals surface area contributed by atoms with E-state index < -0.39 is 167 Å². The van der Waals surface area contributed by atoms with Crippen molar-refractivity contribution in [2.24, 2.45) is 21.7 Å². The molecule has 15 aromatic rings. The summed E-state index contributed by atoms with van der Waals surface area (Å²) in [4.78, 5) is 4.35. The molecule has 5 heteroatoms. The molecule has 13 aromatic carbocycles. The first-order valence-electron chi connectivity index (χ1n) is 52.0. The average molecular weight is 1530 g/mol. The zero-order valence-corrected chi connectivity index (χ0v) is 70.0. The molecule has 578 valence electrons. The second-order valence-electron chi connectivity index (χ2n) is 38.5. The summed E-state index contributed by atoms with van der Waals surface area (Å²) in [5.41, 5.74) is 6.34. The van der Waals surface area contributed by atoms with Gasteiger partial charge in [-0.1, -0.05) is 327 Å².